The molecule has 65 heavy (non-hydrogen) atoms. The molecule has 6 nitrogen and oxygen atoms in total. The standard InChI is InChI=1S/C59H34N4O2/c1-2-14-35(15-3-1)57-60-58(62-59(61-57)38-29-31-46-44-21-9-11-27-51(44)65-53(46)34-38)37-16-12-17-39(32-37)63-55-40(36-28-30-45-43-20-8-10-26-50(43)64-52(45)33-36)24-13-25-49(55)54-47-22-6-4-18-41(47)42-19-5-7-23-48(42)56(54)63/h1-34H. The molecule has 0 spiro atoms. The smallest absolute Gasteiger partial charge is 0.164 e. The molecule has 14 rings (SSSR count). The maximum absolute atomic E-state index is 6.47. The zero-order valence-corrected chi connectivity index (χ0v) is 34.7. The van der Waals surface area contributed by atoms with Gasteiger partial charge < -0.3 is 13.4 Å². The minimum atomic E-state index is 0.569. The van der Waals surface area contributed by atoms with Gasteiger partial charge in [-0.3, -0.25) is 0 Å². The fraction of sp³-hybridized carbons (Fsp3) is 0. The highest BCUT2D eigenvalue weighted by molar-refractivity contribution is 6.33. The van der Waals surface area contributed by atoms with Crippen LogP contribution in [0.1, 0.15) is 0 Å². The van der Waals surface area contributed by atoms with Gasteiger partial charge in [0.2, 0.25) is 0 Å². The Labute approximate surface area is 371 Å². The highest BCUT2D eigenvalue weighted by atomic mass is 16.3. The summed E-state index contributed by atoms with van der Waals surface area (Å²) in [4.78, 5) is 15.5. The maximum Gasteiger partial charge on any atom is 0.164 e. The lowest BCUT2D eigenvalue weighted by Gasteiger charge is -2.15. The van der Waals surface area contributed by atoms with Gasteiger partial charge in [-0.05, 0) is 70.3 Å². The Morgan fingerprint density at radius 3 is 1.46 bits per heavy atom. The average Bonchev–Trinajstić information content (AvgIpc) is 4.06. The molecule has 0 aliphatic heterocycles. The summed E-state index contributed by atoms with van der Waals surface area (Å²) in [6.45, 7) is 0. The second-order valence-corrected chi connectivity index (χ2v) is 16.7. The third-order valence-electron chi connectivity index (χ3n) is 13.0. The Morgan fingerprint density at radius 1 is 0.292 bits per heavy atom. The van der Waals surface area contributed by atoms with Crippen LogP contribution in [0, 0.1) is 0 Å². The van der Waals surface area contributed by atoms with E-state index in [1.165, 1.54) is 32.3 Å². The summed E-state index contributed by atoms with van der Waals surface area (Å²) in [5.41, 5.74) is 11.4. The van der Waals surface area contributed by atoms with E-state index in [1.54, 1.807) is 0 Å². The van der Waals surface area contributed by atoms with Gasteiger partial charge in [-0.15, -0.1) is 0 Å². The van der Waals surface area contributed by atoms with Gasteiger partial charge >= 0.3 is 0 Å². The van der Waals surface area contributed by atoms with Crippen molar-refractivity contribution in [2.24, 2.45) is 0 Å². The van der Waals surface area contributed by atoms with Crippen LogP contribution in [-0.4, -0.2) is 19.5 Å². The van der Waals surface area contributed by atoms with E-state index >= 15 is 0 Å². The minimum absolute atomic E-state index is 0.569. The SMILES string of the molecule is c1ccc(-c2nc(-c3cccc(-n4c5c(-c6ccc7c(c6)oc6ccccc67)cccc5c5c6ccccc6c6ccccc6c54)c3)nc(-c3ccc4c(c3)oc3ccccc34)n2)cc1. The number of para-hydroxylation sites is 3. The lowest BCUT2D eigenvalue weighted by Crippen LogP contribution is -2.01. The molecular weight excluding hydrogens is 797 g/mol. The first kappa shape index (κ1) is 35.7. The van der Waals surface area contributed by atoms with Crippen molar-refractivity contribution in [2.75, 3.05) is 0 Å². The normalized spacial score (nSPS) is 12.0. The van der Waals surface area contributed by atoms with E-state index in [9.17, 15) is 0 Å². The number of aromatic nitrogens is 4. The first-order chi connectivity index (χ1) is 32.2. The number of fused-ring (bicyclic) bond motifs is 14. The molecule has 6 heteroatoms. The van der Waals surface area contributed by atoms with Crippen LogP contribution in [0.15, 0.2) is 215 Å². The molecular formula is C59H34N4O2. The van der Waals surface area contributed by atoms with Crippen molar-refractivity contribution in [3.63, 3.8) is 0 Å². The molecule has 0 saturated heterocycles. The van der Waals surface area contributed by atoms with Crippen LogP contribution in [-0.2, 0) is 0 Å². The molecule has 0 aliphatic carbocycles. The number of furan rings is 2. The zero-order chi connectivity index (χ0) is 42.6. The first-order valence-electron chi connectivity index (χ1n) is 21.8. The Morgan fingerprint density at radius 2 is 0.769 bits per heavy atom. The van der Waals surface area contributed by atoms with Crippen molar-refractivity contribution in [1.29, 1.82) is 0 Å². The monoisotopic (exact) mass is 830 g/mol. The Hall–Kier alpha value is -8.87. The van der Waals surface area contributed by atoms with E-state index in [-0.39, 0.29) is 0 Å². The van der Waals surface area contributed by atoms with E-state index in [4.69, 9.17) is 23.8 Å². The van der Waals surface area contributed by atoms with Gasteiger partial charge in [0.25, 0.3) is 0 Å². The lowest BCUT2D eigenvalue weighted by atomic mass is 9.96. The van der Waals surface area contributed by atoms with Gasteiger partial charge in [-0.25, -0.2) is 15.0 Å². The molecule has 0 fully saturated rings. The van der Waals surface area contributed by atoms with Gasteiger partial charge in [0.15, 0.2) is 17.5 Å². The topological polar surface area (TPSA) is 69.9 Å². The molecule has 0 atom stereocenters. The van der Waals surface area contributed by atoms with E-state index in [2.05, 4.69) is 144 Å². The van der Waals surface area contributed by atoms with Crippen molar-refractivity contribution in [3.05, 3.63) is 206 Å². The lowest BCUT2D eigenvalue weighted by molar-refractivity contribution is 0.668. The highest BCUT2D eigenvalue weighted by Crippen LogP contribution is 2.46. The molecule has 10 aromatic carbocycles. The number of hydrogen-bond acceptors (Lipinski definition) is 5. The minimum Gasteiger partial charge on any atom is -0.456 e. The second-order valence-electron chi connectivity index (χ2n) is 16.7. The predicted octanol–water partition coefficient (Wildman–Crippen LogP) is 15.7. The van der Waals surface area contributed by atoms with Gasteiger partial charge in [0.1, 0.15) is 22.3 Å². The van der Waals surface area contributed by atoms with Crippen molar-refractivity contribution in [1.82, 2.24) is 19.5 Å². The molecule has 0 unspecified atom stereocenters. The highest BCUT2D eigenvalue weighted by Gasteiger charge is 2.23. The van der Waals surface area contributed by atoms with E-state index in [0.717, 1.165) is 88.4 Å². The zero-order valence-electron chi connectivity index (χ0n) is 34.7. The number of benzene rings is 10. The Bertz CT molecular complexity index is 4250. The van der Waals surface area contributed by atoms with Gasteiger partial charge in [0, 0.05) is 65.6 Å². The van der Waals surface area contributed by atoms with Crippen LogP contribution in [0.2, 0.25) is 0 Å². The van der Waals surface area contributed by atoms with E-state index < -0.39 is 0 Å². The van der Waals surface area contributed by atoms with E-state index in [0.29, 0.717) is 17.5 Å². The first-order valence-corrected chi connectivity index (χ1v) is 21.8. The summed E-state index contributed by atoms with van der Waals surface area (Å²) in [6, 6.07) is 72.2. The van der Waals surface area contributed by atoms with Gasteiger partial charge in [-0.1, -0.05) is 158 Å². The van der Waals surface area contributed by atoms with Crippen molar-refractivity contribution in [3.8, 4) is 51.0 Å². The van der Waals surface area contributed by atoms with Crippen LogP contribution < -0.4 is 0 Å². The summed E-state index contributed by atoms with van der Waals surface area (Å²) in [5, 5.41) is 11.5. The quantitative estimate of drug-likeness (QED) is 0.162. The van der Waals surface area contributed by atoms with Crippen LogP contribution >= 0.6 is 0 Å². The number of rotatable bonds is 5. The molecule has 4 heterocycles. The third kappa shape index (κ3) is 5.44. The van der Waals surface area contributed by atoms with Crippen LogP contribution in [0.25, 0.3) is 138 Å². The molecule has 0 amide bonds. The van der Waals surface area contributed by atoms with Crippen LogP contribution in [0.4, 0.5) is 0 Å². The molecule has 0 saturated carbocycles. The molecule has 0 bridgehead atoms. The maximum atomic E-state index is 6.47. The molecule has 0 N–H and O–H groups in total. The van der Waals surface area contributed by atoms with E-state index in [1.807, 2.05) is 66.7 Å². The summed E-state index contributed by atoms with van der Waals surface area (Å²) in [6.07, 6.45) is 0. The fourth-order valence-corrected chi connectivity index (χ4v) is 10.1. The molecule has 14 aromatic rings. The summed E-state index contributed by atoms with van der Waals surface area (Å²) >= 11 is 0. The largest absolute Gasteiger partial charge is 0.456 e. The van der Waals surface area contributed by atoms with Crippen molar-refractivity contribution < 1.29 is 8.83 Å². The van der Waals surface area contributed by atoms with Crippen LogP contribution in [0.3, 0.4) is 0 Å². The van der Waals surface area contributed by atoms with Crippen molar-refractivity contribution >= 4 is 87.2 Å². The summed E-state index contributed by atoms with van der Waals surface area (Å²) in [5.74, 6) is 1.74. The number of nitrogens with zero attached hydrogens (tertiary/aromatic N) is 4. The van der Waals surface area contributed by atoms with Gasteiger partial charge in [-0.2, -0.15) is 0 Å². The molecule has 0 aliphatic rings. The summed E-state index contributed by atoms with van der Waals surface area (Å²) in [7, 11) is 0. The predicted molar refractivity (Wildman–Crippen MR) is 265 cm³/mol. The van der Waals surface area contributed by atoms with Crippen molar-refractivity contribution in [2.45, 2.75) is 0 Å². The van der Waals surface area contributed by atoms with Gasteiger partial charge in [0.05, 0.1) is 11.0 Å². The Kier molecular flexibility index (Phi) is 7.59. The molecule has 0 radical (unpaired) electrons. The Balaban J connectivity index is 1.03. The second kappa shape index (κ2) is 13.8. The van der Waals surface area contributed by atoms with Crippen LogP contribution in [0.5, 0.6) is 0 Å². The molecule has 4 aromatic heterocycles. The third-order valence-corrected chi connectivity index (χ3v) is 13.0. The fourth-order valence-electron chi connectivity index (χ4n) is 10.1. The molecule has 302 valence electrons. The number of hydrogen-bond donors (Lipinski definition) is 0. The summed E-state index contributed by atoms with van der Waals surface area (Å²) < 4.78 is 15.2. The average molecular weight is 831 g/mol.